The first-order valence-electron chi connectivity index (χ1n) is 8.37. The second kappa shape index (κ2) is 6.91. The Morgan fingerprint density at radius 1 is 1.21 bits per heavy atom. The van der Waals surface area contributed by atoms with Crippen LogP contribution >= 0.6 is 0 Å². The maximum Gasteiger partial charge on any atom is 0.355 e. The number of fused-ring (bicyclic) bond motifs is 1. The number of ketones is 1. The van der Waals surface area contributed by atoms with Crippen molar-refractivity contribution in [3.8, 4) is 0 Å². The Morgan fingerprint density at radius 2 is 1.96 bits per heavy atom. The first-order valence-corrected chi connectivity index (χ1v) is 8.37. The van der Waals surface area contributed by atoms with Crippen molar-refractivity contribution in [1.29, 1.82) is 0 Å². The van der Waals surface area contributed by atoms with Crippen LogP contribution in [0.1, 0.15) is 51.7 Å². The minimum absolute atomic E-state index is 0.0799. The van der Waals surface area contributed by atoms with E-state index < -0.39 is 0 Å². The Kier molecular flexibility index (Phi) is 4.69. The zero-order valence-corrected chi connectivity index (χ0v) is 14.1. The van der Waals surface area contributed by atoms with E-state index in [1.165, 1.54) is 0 Å². The molecule has 126 valence electrons. The third-order valence-electron chi connectivity index (χ3n) is 4.24. The summed E-state index contributed by atoms with van der Waals surface area (Å²) in [6.07, 6.45) is 1.96. The van der Waals surface area contributed by atoms with Crippen molar-refractivity contribution in [2.24, 2.45) is 0 Å². The van der Waals surface area contributed by atoms with Crippen LogP contribution in [-0.4, -0.2) is 29.5 Å². The molecular formula is C19H22N2O3. The molecule has 2 aromatic rings. The minimum Gasteiger partial charge on any atom is -0.461 e. The number of aromatic nitrogens is 1. The van der Waals surface area contributed by atoms with Crippen LogP contribution in [0, 0.1) is 6.92 Å². The maximum absolute atomic E-state index is 12.9. The molecule has 0 fully saturated rings. The van der Waals surface area contributed by atoms with Gasteiger partial charge in [-0.2, -0.15) is 0 Å². The molecule has 5 nitrogen and oxygen atoms in total. The van der Waals surface area contributed by atoms with E-state index in [9.17, 15) is 9.59 Å². The SMILES string of the molecule is CCOC(=O)c1cc(C(=O)c2ccc(C)cc2)c2n1CCCCN2. The van der Waals surface area contributed by atoms with Crippen molar-refractivity contribution < 1.29 is 14.3 Å². The molecule has 1 aromatic carbocycles. The lowest BCUT2D eigenvalue weighted by Crippen LogP contribution is -2.13. The summed E-state index contributed by atoms with van der Waals surface area (Å²) in [6.45, 7) is 5.58. The van der Waals surface area contributed by atoms with Gasteiger partial charge in [0.05, 0.1) is 12.2 Å². The number of ether oxygens (including phenoxy) is 1. The highest BCUT2D eigenvalue weighted by atomic mass is 16.5. The van der Waals surface area contributed by atoms with Crippen molar-refractivity contribution in [2.45, 2.75) is 33.2 Å². The standard InChI is InChI=1S/C19H22N2O3/c1-3-24-19(23)16-12-15(18-20-10-4-5-11-21(16)18)17(22)14-8-6-13(2)7-9-14/h6-9,12,20H,3-5,10-11H2,1-2H3. The lowest BCUT2D eigenvalue weighted by Gasteiger charge is -2.10. The summed E-state index contributed by atoms with van der Waals surface area (Å²) < 4.78 is 7.03. The van der Waals surface area contributed by atoms with Crippen LogP contribution in [0.5, 0.6) is 0 Å². The van der Waals surface area contributed by atoms with Gasteiger partial charge in [-0.3, -0.25) is 4.79 Å². The van der Waals surface area contributed by atoms with E-state index in [4.69, 9.17) is 4.74 Å². The molecule has 0 unspecified atom stereocenters. The van der Waals surface area contributed by atoms with Crippen molar-refractivity contribution in [3.05, 3.63) is 52.7 Å². The van der Waals surface area contributed by atoms with Crippen LogP contribution in [0.15, 0.2) is 30.3 Å². The van der Waals surface area contributed by atoms with E-state index in [2.05, 4.69) is 5.32 Å². The number of anilines is 1. The predicted molar refractivity (Wildman–Crippen MR) is 92.7 cm³/mol. The Labute approximate surface area is 141 Å². The van der Waals surface area contributed by atoms with Gasteiger partial charge in [0.2, 0.25) is 0 Å². The van der Waals surface area contributed by atoms with E-state index >= 15 is 0 Å². The molecule has 0 radical (unpaired) electrons. The Bertz CT molecular complexity index is 760. The van der Waals surface area contributed by atoms with Gasteiger partial charge in [0, 0.05) is 18.7 Å². The highest BCUT2D eigenvalue weighted by Gasteiger charge is 2.26. The Hall–Kier alpha value is -2.56. The Morgan fingerprint density at radius 3 is 2.67 bits per heavy atom. The number of nitrogens with one attached hydrogen (secondary N) is 1. The van der Waals surface area contributed by atoms with Gasteiger partial charge >= 0.3 is 5.97 Å². The number of aryl methyl sites for hydroxylation is 1. The molecular weight excluding hydrogens is 304 g/mol. The molecule has 2 heterocycles. The van der Waals surface area contributed by atoms with E-state index in [-0.39, 0.29) is 11.8 Å². The van der Waals surface area contributed by atoms with Gasteiger partial charge < -0.3 is 14.6 Å². The van der Waals surface area contributed by atoms with Crippen molar-refractivity contribution >= 4 is 17.6 Å². The summed E-state index contributed by atoms with van der Waals surface area (Å²) >= 11 is 0. The number of benzene rings is 1. The van der Waals surface area contributed by atoms with Crippen molar-refractivity contribution in [2.75, 3.05) is 18.5 Å². The summed E-state index contributed by atoms with van der Waals surface area (Å²) in [5.41, 5.74) is 2.70. The van der Waals surface area contributed by atoms with E-state index in [1.54, 1.807) is 13.0 Å². The van der Waals surface area contributed by atoms with Crippen LogP contribution in [0.3, 0.4) is 0 Å². The van der Waals surface area contributed by atoms with Crippen LogP contribution < -0.4 is 5.32 Å². The molecule has 1 aliphatic rings. The maximum atomic E-state index is 12.9. The van der Waals surface area contributed by atoms with Crippen molar-refractivity contribution in [3.63, 3.8) is 0 Å². The van der Waals surface area contributed by atoms with Gasteiger partial charge in [-0.1, -0.05) is 29.8 Å². The number of hydrogen-bond donors (Lipinski definition) is 1. The van der Waals surface area contributed by atoms with Crippen LogP contribution in [-0.2, 0) is 11.3 Å². The largest absolute Gasteiger partial charge is 0.461 e. The fraction of sp³-hybridized carbons (Fsp3) is 0.368. The zero-order chi connectivity index (χ0) is 17.1. The molecule has 1 N–H and O–H groups in total. The lowest BCUT2D eigenvalue weighted by atomic mass is 10.0. The molecule has 3 rings (SSSR count). The second-order valence-electron chi connectivity index (χ2n) is 5.99. The average molecular weight is 326 g/mol. The van der Waals surface area contributed by atoms with Crippen LogP contribution in [0.2, 0.25) is 0 Å². The highest BCUT2D eigenvalue weighted by molar-refractivity contribution is 6.13. The summed E-state index contributed by atoms with van der Waals surface area (Å²) in [4.78, 5) is 25.2. The smallest absolute Gasteiger partial charge is 0.355 e. The fourth-order valence-electron chi connectivity index (χ4n) is 2.98. The predicted octanol–water partition coefficient (Wildman–Crippen LogP) is 3.41. The molecule has 0 saturated heterocycles. The number of esters is 1. The average Bonchev–Trinajstić information content (AvgIpc) is 2.76. The minimum atomic E-state index is -0.384. The van der Waals surface area contributed by atoms with E-state index in [1.807, 2.05) is 35.8 Å². The van der Waals surface area contributed by atoms with Gasteiger partial charge in [-0.25, -0.2) is 4.79 Å². The van der Waals surface area contributed by atoms with Gasteiger partial charge in [0.25, 0.3) is 0 Å². The van der Waals surface area contributed by atoms with Gasteiger partial charge in [0.1, 0.15) is 11.5 Å². The number of carbonyl (C=O) groups is 2. The molecule has 0 amide bonds. The first kappa shape index (κ1) is 16.3. The van der Waals surface area contributed by atoms with Gasteiger partial charge in [-0.05, 0) is 32.8 Å². The zero-order valence-electron chi connectivity index (χ0n) is 14.1. The van der Waals surface area contributed by atoms with Crippen molar-refractivity contribution in [1.82, 2.24) is 4.57 Å². The van der Waals surface area contributed by atoms with E-state index in [0.717, 1.165) is 30.8 Å². The van der Waals surface area contributed by atoms with Crippen LogP contribution in [0.4, 0.5) is 5.82 Å². The fourth-order valence-corrected chi connectivity index (χ4v) is 2.98. The number of hydrogen-bond acceptors (Lipinski definition) is 4. The molecule has 1 aliphatic heterocycles. The number of carbonyl (C=O) groups excluding carboxylic acids is 2. The third-order valence-corrected chi connectivity index (χ3v) is 4.24. The normalized spacial score (nSPS) is 13.6. The molecule has 1 aromatic heterocycles. The monoisotopic (exact) mass is 326 g/mol. The summed E-state index contributed by atoms with van der Waals surface area (Å²) in [5, 5.41) is 3.31. The summed E-state index contributed by atoms with van der Waals surface area (Å²) in [6, 6.07) is 9.14. The number of nitrogens with zero attached hydrogens (tertiary/aromatic N) is 1. The highest BCUT2D eigenvalue weighted by Crippen LogP contribution is 2.28. The molecule has 0 bridgehead atoms. The lowest BCUT2D eigenvalue weighted by molar-refractivity contribution is 0.0514. The number of rotatable bonds is 4. The molecule has 0 spiro atoms. The summed E-state index contributed by atoms with van der Waals surface area (Å²) in [7, 11) is 0. The molecule has 24 heavy (non-hydrogen) atoms. The van der Waals surface area contributed by atoms with Gasteiger partial charge in [-0.15, -0.1) is 0 Å². The Balaban J connectivity index is 2.05. The van der Waals surface area contributed by atoms with E-state index in [0.29, 0.717) is 30.0 Å². The van der Waals surface area contributed by atoms with Gasteiger partial charge in [0.15, 0.2) is 5.78 Å². The second-order valence-corrected chi connectivity index (χ2v) is 5.99. The summed E-state index contributed by atoms with van der Waals surface area (Å²) in [5.74, 6) is 0.259. The molecule has 0 atom stereocenters. The quantitative estimate of drug-likeness (QED) is 0.691. The molecule has 0 aliphatic carbocycles. The van der Waals surface area contributed by atoms with Crippen LogP contribution in [0.25, 0.3) is 0 Å². The molecule has 5 heteroatoms. The molecule has 0 saturated carbocycles. The topological polar surface area (TPSA) is 60.3 Å². The third kappa shape index (κ3) is 3.07. The first-order chi connectivity index (χ1) is 11.6.